The number of halogens is 1. The van der Waals surface area contributed by atoms with Crippen molar-refractivity contribution >= 4 is 28.8 Å². The Morgan fingerprint density at radius 1 is 1.08 bits per heavy atom. The number of benzene rings is 2. The Morgan fingerprint density at radius 2 is 1.88 bits per heavy atom. The zero-order chi connectivity index (χ0) is 16.9. The van der Waals surface area contributed by atoms with Gasteiger partial charge >= 0.3 is 11.6 Å². The average molecular weight is 343 g/mol. The molecular formula is C16H11ClN4O3. The Labute approximate surface area is 142 Å². The lowest BCUT2D eigenvalue weighted by atomic mass is 10.3. The summed E-state index contributed by atoms with van der Waals surface area (Å²) in [6.45, 7) is 0. The molecule has 0 bridgehead atoms. The molecule has 1 heterocycles. The summed E-state index contributed by atoms with van der Waals surface area (Å²) in [7, 11) is 0. The van der Waals surface area contributed by atoms with Crippen molar-refractivity contribution in [1.82, 2.24) is 9.97 Å². The second kappa shape index (κ2) is 6.93. The van der Waals surface area contributed by atoms with Crippen LogP contribution in [-0.2, 0) is 0 Å². The highest BCUT2D eigenvalue weighted by atomic mass is 35.5. The quantitative estimate of drug-likeness (QED) is 0.539. The van der Waals surface area contributed by atoms with Gasteiger partial charge in [0.05, 0.1) is 4.92 Å². The highest BCUT2D eigenvalue weighted by Gasteiger charge is 2.25. The van der Waals surface area contributed by atoms with Crippen LogP contribution in [0.3, 0.4) is 0 Å². The molecule has 0 amide bonds. The van der Waals surface area contributed by atoms with E-state index in [1.807, 2.05) is 6.07 Å². The summed E-state index contributed by atoms with van der Waals surface area (Å²) in [5.74, 6) is 0.307. The van der Waals surface area contributed by atoms with Crippen LogP contribution in [0.15, 0.2) is 60.9 Å². The highest BCUT2D eigenvalue weighted by Crippen LogP contribution is 2.35. The lowest BCUT2D eigenvalue weighted by Crippen LogP contribution is -2.03. The zero-order valence-corrected chi connectivity index (χ0v) is 13.0. The van der Waals surface area contributed by atoms with Crippen LogP contribution in [0, 0.1) is 10.1 Å². The molecule has 3 aromatic rings. The fourth-order valence-electron chi connectivity index (χ4n) is 2.00. The van der Waals surface area contributed by atoms with Crippen LogP contribution in [0.4, 0.5) is 17.2 Å². The Balaban J connectivity index is 1.97. The molecule has 1 N–H and O–H groups in total. The molecule has 0 saturated carbocycles. The normalized spacial score (nSPS) is 10.2. The number of anilines is 2. The zero-order valence-electron chi connectivity index (χ0n) is 12.2. The molecule has 0 saturated heterocycles. The summed E-state index contributed by atoms with van der Waals surface area (Å²) in [6.07, 6.45) is 1.19. The van der Waals surface area contributed by atoms with Gasteiger partial charge in [-0.3, -0.25) is 10.1 Å². The molecule has 8 heteroatoms. The summed E-state index contributed by atoms with van der Waals surface area (Å²) in [6, 6.07) is 15.4. The first kappa shape index (κ1) is 15.7. The molecule has 120 valence electrons. The number of nitro groups is 1. The van der Waals surface area contributed by atoms with E-state index in [2.05, 4.69) is 15.3 Å². The molecule has 2 aromatic carbocycles. The van der Waals surface area contributed by atoms with E-state index in [9.17, 15) is 10.1 Å². The minimum Gasteiger partial charge on any atom is -0.434 e. The van der Waals surface area contributed by atoms with Gasteiger partial charge in [0, 0.05) is 10.7 Å². The van der Waals surface area contributed by atoms with Crippen LogP contribution >= 0.6 is 11.6 Å². The van der Waals surface area contributed by atoms with E-state index in [4.69, 9.17) is 16.3 Å². The van der Waals surface area contributed by atoms with Gasteiger partial charge in [0.2, 0.25) is 5.82 Å². The number of ether oxygens (including phenoxy) is 1. The number of nitrogens with zero attached hydrogens (tertiary/aromatic N) is 3. The van der Waals surface area contributed by atoms with Crippen LogP contribution in [-0.4, -0.2) is 14.9 Å². The van der Waals surface area contributed by atoms with Crippen LogP contribution in [0.1, 0.15) is 0 Å². The molecule has 0 aliphatic rings. The summed E-state index contributed by atoms with van der Waals surface area (Å²) in [4.78, 5) is 18.7. The third-order valence-electron chi connectivity index (χ3n) is 3.02. The van der Waals surface area contributed by atoms with Crippen LogP contribution in [0.5, 0.6) is 11.6 Å². The molecule has 1 aromatic heterocycles. The fraction of sp³-hybridized carbons (Fsp3) is 0. The third-order valence-corrected chi connectivity index (χ3v) is 3.25. The number of rotatable bonds is 5. The molecule has 0 spiro atoms. The van der Waals surface area contributed by atoms with Gasteiger partial charge in [-0.25, -0.2) is 4.98 Å². The first-order valence-corrected chi connectivity index (χ1v) is 7.26. The Bertz CT molecular complexity index is 874. The van der Waals surface area contributed by atoms with E-state index >= 15 is 0 Å². The molecule has 0 radical (unpaired) electrons. The summed E-state index contributed by atoms with van der Waals surface area (Å²) >= 11 is 5.92. The summed E-state index contributed by atoms with van der Waals surface area (Å²) in [5, 5.41) is 14.8. The average Bonchev–Trinajstić information content (AvgIpc) is 2.56. The smallest absolute Gasteiger partial charge is 0.373 e. The van der Waals surface area contributed by atoms with E-state index in [-0.39, 0.29) is 17.4 Å². The largest absolute Gasteiger partial charge is 0.434 e. The maximum Gasteiger partial charge on any atom is 0.373 e. The monoisotopic (exact) mass is 342 g/mol. The SMILES string of the molecule is O=[N+]([O-])c1c(Nc2cccc(Cl)c2)ncnc1Oc1ccccc1. The van der Waals surface area contributed by atoms with Crippen molar-refractivity contribution in [2.75, 3.05) is 5.32 Å². The van der Waals surface area contributed by atoms with E-state index in [0.29, 0.717) is 16.5 Å². The standard InChI is InChI=1S/C16H11ClN4O3/c17-11-5-4-6-12(9-11)20-15-14(21(22)23)16(19-10-18-15)24-13-7-2-1-3-8-13/h1-10H,(H,18,19,20). The lowest BCUT2D eigenvalue weighted by Gasteiger charge is -2.09. The molecule has 0 aliphatic heterocycles. The van der Waals surface area contributed by atoms with Gasteiger partial charge in [0.1, 0.15) is 12.1 Å². The predicted octanol–water partition coefficient (Wildman–Crippen LogP) is 4.57. The topological polar surface area (TPSA) is 90.2 Å². The Hall–Kier alpha value is -3.19. The molecular weight excluding hydrogens is 332 g/mol. The van der Waals surface area contributed by atoms with Gasteiger partial charge in [0.15, 0.2) is 0 Å². The molecule has 7 nitrogen and oxygen atoms in total. The van der Waals surface area contributed by atoms with Gasteiger partial charge in [-0.1, -0.05) is 35.9 Å². The predicted molar refractivity (Wildman–Crippen MR) is 89.9 cm³/mol. The number of nitrogens with one attached hydrogen (secondary N) is 1. The first-order valence-electron chi connectivity index (χ1n) is 6.88. The maximum atomic E-state index is 11.5. The molecule has 3 rings (SSSR count). The second-order valence-corrected chi connectivity index (χ2v) is 5.12. The van der Waals surface area contributed by atoms with E-state index in [1.54, 1.807) is 48.5 Å². The molecule has 0 atom stereocenters. The van der Waals surface area contributed by atoms with Crippen LogP contribution in [0.25, 0.3) is 0 Å². The van der Waals surface area contributed by atoms with Gasteiger partial charge in [0.25, 0.3) is 0 Å². The maximum absolute atomic E-state index is 11.5. The highest BCUT2D eigenvalue weighted by molar-refractivity contribution is 6.30. The van der Waals surface area contributed by atoms with Crippen molar-refractivity contribution in [3.63, 3.8) is 0 Å². The van der Waals surface area contributed by atoms with Gasteiger partial charge < -0.3 is 10.1 Å². The summed E-state index contributed by atoms with van der Waals surface area (Å²) in [5.41, 5.74) is 0.205. The second-order valence-electron chi connectivity index (χ2n) is 4.68. The number of hydrogen-bond donors (Lipinski definition) is 1. The van der Waals surface area contributed by atoms with Crippen molar-refractivity contribution in [3.8, 4) is 11.6 Å². The first-order chi connectivity index (χ1) is 11.6. The van der Waals surface area contributed by atoms with Crippen molar-refractivity contribution in [2.24, 2.45) is 0 Å². The van der Waals surface area contributed by atoms with Crippen LogP contribution < -0.4 is 10.1 Å². The third kappa shape index (κ3) is 3.58. The molecule has 0 unspecified atom stereocenters. The lowest BCUT2D eigenvalue weighted by molar-refractivity contribution is -0.385. The number of para-hydroxylation sites is 1. The molecule has 0 fully saturated rings. The van der Waals surface area contributed by atoms with Crippen molar-refractivity contribution in [2.45, 2.75) is 0 Å². The van der Waals surface area contributed by atoms with Crippen molar-refractivity contribution < 1.29 is 9.66 Å². The Morgan fingerprint density at radius 3 is 2.58 bits per heavy atom. The molecule has 0 aliphatic carbocycles. The van der Waals surface area contributed by atoms with Gasteiger partial charge in [-0.05, 0) is 30.3 Å². The van der Waals surface area contributed by atoms with E-state index < -0.39 is 4.92 Å². The Kier molecular flexibility index (Phi) is 4.53. The summed E-state index contributed by atoms with van der Waals surface area (Å²) < 4.78 is 5.51. The minimum atomic E-state index is -0.592. The number of hydrogen-bond acceptors (Lipinski definition) is 6. The fourth-order valence-corrected chi connectivity index (χ4v) is 2.19. The van der Waals surface area contributed by atoms with Gasteiger partial charge in [-0.15, -0.1) is 0 Å². The van der Waals surface area contributed by atoms with Gasteiger partial charge in [-0.2, -0.15) is 4.98 Å². The number of aromatic nitrogens is 2. The molecule has 24 heavy (non-hydrogen) atoms. The van der Waals surface area contributed by atoms with E-state index in [1.165, 1.54) is 6.33 Å². The van der Waals surface area contributed by atoms with Crippen molar-refractivity contribution in [1.29, 1.82) is 0 Å². The minimum absolute atomic E-state index is 0.0168. The van der Waals surface area contributed by atoms with Crippen LogP contribution in [0.2, 0.25) is 5.02 Å². The van der Waals surface area contributed by atoms with E-state index in [0.717, 1.165) is 0 Å². The van der Waals surface area contributed by atoms with Crippen molar-refractivity contribution in [3.05, 3.63) is 76.1 Å².